The van der Waals surface area contributed by atoms with Crippen molar-refractivity contribution < 1.29 is 29.3 Å². The van der Waals surface area contributed by atoms with Gasteiger partial charge in [-0.1, -0.05) is 0 Å². The molecule has 6 nitrogen and oxygen atoms in total. The highest BCUT2D eigenvalue weighted by molar-refractivity contribution is 5.95. The SMILES string of the molecule is COc1cc(CC(=O)CC(C)O)c(C(=O)O)c(OC)c1. The minimum absolute atomic E-state index is 0.0292. The number of Topliss-reactive ketones (excluding diaryl/α,β-unsaturated/α-hetero) is 1. The van der Waals surface area contributed by atoms with E-state index in [1.54, 1.807) is 0 Å². The Balaban J connectivity index is 3.20. The molecule has 0 saturated carbocycles. The quantitative estimate of drug-likeness (QED) is 0.782. The smallest absolute Gasteiger partial charge is 0.339 e. The van der Waals surface area contributed by atoms with Crippen LogP contribution in [-0.2, 0) is 11.2 Å². The number of aliphatic hydroxyl groups excluding tert-OH is 1. The zero-order valence-corrected chi connectivity index (χ0v) is 11.7. The first-order valence-electron chi connectivity index (χ1n) is 6.07. The summed E-state index contributed by atoms with van der Waals surface area (Å²) in [4.78, 5) is 23.1. The summed E-state index contributed by atoms with van der Waals surface area (Å²) in [7, 11) is 2.79. The van der Waals surface area contributed by atoms with Crippen LogP contribution >= 0.6 is 0 Å². The molecule has 0 aliphatic heterocycles. The molecule has 0 aliphatic rings. The molecule has 1 unspecified atom stereocenters. The Labute approximate surface area is 116 Å². The minimum Gasteiger partial charge on any atom is -0.497 e. The largest absolute Gasteiger partial charge is 0.497 e. The van der Waals surface area contributed by atoms with E-state index in [1.807, 2.05) is 0 Å². The number of rotatable bonds is 7. The molecule has 110 valence electrons. The van der Waals surface area contributed by atoms with Gasteiger partial charge in [0.05, 0.1) is 20.3 Å². The number of ketones is 1. The topological polar surface area (TPSA) is 93.1 Å². The Morgan fingerprint density at radius 2 is 1.90 bits per heavy atom. The lowest BCUT2D eigenvalue weighted by Gasteiger charge is -2.13. The zero-order valence-electron chi connectivity index (χ0n) is 11.7. The first kappa shape index (κ1) is 16.0. The van der Waals surface area contributed by atoms with Crippen LogP contribution in [0.4, 0.5) is 0 Å². The van der Waals surface area contributed by atoms with Crippen molar-refractivity contribution in [2.24, 2.45) is 0 Å². The second-order valence-electron chi connectivity index (χ2n) is 4.44. The van der Waals surface area contributed by atoms with Gasteiger partial charge in [-0.3, -0.25) is 4.79 Å². The van der Waals surface area contributed by atoms with Crippen LogP contribution in [0.25, 0.3) is 0 Å². The average molecular weight is 282 g/mol. The van der Waals surface area contributed by atoms with Gasteiger partial charge in [-0.25, -0.2) is 4.79 Å². The van der Waals surface area contributed by atoms with Crippen LogP contribution in [0, 0.1) is 0 Å². The van der Waals surface area contributed by atoms with Crippen LogP contribution in [0.2, 0.25) is 0 Å². The third-order valence-corrected chi connectivity index (χ3v) is 2.74. The van der Waals surface area contributed by atoms with E-state index in [4.69, 9.17) is 9.47 Å². The number of aliphatic hydroxyl groups is 1. The summed E-state index contributed by atoms with van der Waals surface area (Å²) < 4.78 is 10.1. The van der Waals surface area contributed by atoms with Crippen LogP contribution in [0.1, 0.15) is 29.3 Å². The average Bonchev–Trinajstić information content (AvgIpc) is 2.35. The van der Waals surface area contributed by atoms with Crippen LogP contribution in [-0.4, -0.2) is 42.3 Å². The van der Waals surface area contributed by atoms with Gasteiger partial charge in [0.1, 0.15) is 22.8 Å². The highest BCUT2D eigenvalue weighted by atomic mass is 16.5. The Bertz CT molecular complexity index is 507. The molecule has 1 aromatic rings. The van der Waals surface area contributed by atoms with E-state index in [0.29, 0.717) is 11.3 Å². The van der Waals surface area contributed by atoms with Gasteiger partial charge in [0.15, 0.2) is 0 Å². The van der Waals surface area contributed by atoms with Crippen molar-refractivity contribution >= 4 is 11.8 Å². The number of carboxylic acid groups (broad SMARTS) is 1. The molecule has 0 aromatic heterocycles. The summed E-state index contributed by atoms with van der Waals surface area (Å²) >= 11 is 0. The maximum absolute atomic E-state index is 11.8. The Morgan fingerprint density at radius 1 is 1.25 bits per heavy atom. The lowest BCUT2D eigenvalue weighted by Crippen LogP contribution is -2.14. The van der Waals surface area contributed by atoms with E-state index in [2.05, 4.69) is 0 Å². The second kappa shape index (κ2) is 6.91. The summed E-state index contributed by atoms with van der Waals surface area (Å²) in [6.07, 6.45) is -0.887. The number of hydrogen-bond donors (Lipinski definition) is 2. The fourth-order valence-electron chi connectivity index (χ4n) is 1.92. The molecule has 6 heteroatoms. The molecule has 0 saturated heterocycles. The van der Waals surface area contributed by atoms with Gasteiger partial charge in [-0.05, 0) is 18.6 Å². The molecule has 0 bridgehead atoms. The maximum atomic E-state index is 11.8. The van der Waals surface area contributed by atoms with E-state index < -0.39 is 12.1 Å². The van der Waals surface area contributed by atoms with E-state index in [9.17, 15) is 19.8 Å². The number of methoxy groups -OCH3 is 2. The van der Waals surface area contributed by atoms with E-state index >= 15 is 0 Å². The van der Waals surface area contributed by atoms with Gasteiger partial charge in [0.25, 0.3) is 0 Å². The number of ether oxygens (including phenoxy) is 2. The molecule has 1 aromatic carbocycles. The van der Waals surface area contributed by atoms with E-state index in [0.717, 1.165) is 0 Å². The Kier molecular flexibility index (Phi) is 5.52. The fourth-order valence-corrected chi connectivity index (χ4v) is 1.92. The number of aromatic carboxylic acids is 1. The molecule has 0 aliphatic carbocycles. The highest BCUT2D eigenvalue weighted by Crippen LogP contribution is 2.29. The molecular formula is C14H18O6. The van der Waals surface area contributed by atoms with Crippen molar-refractivity contribution in [3.05, 3.63) is 23.3 Å². The summed E-state index contributed by atoms with van der Waals surface area (Å²) in [5.41, 5.74) is 0.242. The van der Waals surface area contributed by atoms with Gasteiger partial charge in [0, 0.05) is 18.9 Å². The maximum Gasteiger partial charge on any atom is 0.339 e. The monoisotopic (exact) mass is 282 g/mol. The van der Waals surface area contributed by atoms with Gasteiger partial charge in [0.2, 0.25) is 0 Å². The molecule has 0 fully saturated rings. The second-order valence-corrected chi connectivity index (χ2v) is 4.44. The molecule has 1 rings (SSSR count). The van der Waals surface area contributed by atoms with E-state index in [1.165, 1.54) is 33.3 Å². The molecule has 20 heavy (non-hydrogen) atoms. The van der Waals surface area contributed by atoms with Gasteiger partial charge in [-0.15, -0.1) is 0 Å². The number of carbonyl (C=O) groups is 2. The van der Waals surface area contributed by atoms with Crippen molar-refractivity contribution in [1.29, 1.82) is 0 Å². The normalized spacial score (nSPS) is 11.8. The van der Waals surface area contributed by atoms with Crippen molar-refractivity contribution in [3.8, 4) is 11.5 Å². The lowest BCUT2D eigenvalue weighted by molar-refractivity contribution is -0.120. The van der Waals surface area contributed by atoms with Crippen LogP contribution in [0.3, 0.4) is 0 Å². The predicted molar refractivity (Wildman–Crippen MR) is 71.5 cm³/mol. The summed E-state index contributed by atoms with van der Waals surface area (Å²) in [6.45, 7) is 1.50. The Hall–Kier alpha value is -2.08. The van der Waals surface area contributed by atoms with Crippen molar-refractivity contribution in [3.63, 3.8) is 0 Å². The molecule has 0 spiro atoms. The first-order valence-corrected chi connectivity index (χ1v) is 6.07. The van der Waals surface area contributed by atoms with Gasteiger partial charge >= 0.3 is 5.97 Å². The number of hydrogen-bond acceptors (Lipinski definition) is 5. The van der Waals surface area contributed by atoms with Gasteiger partial charge < -0.3 is 19.7 Å². The molecule has 0 amide bonds. The summed E-state index contributed by atoms with van der Waals surface area (Å²) in [5, 5.41) is 18.4. The van der Waals surface area contributed by atoms with Crippen LogP contribution < -0.4 is 9.47 Å². The molecule has 1 atom stereocenters. The number of carboxylic acids is 1. The molecule has 0 heterocycles. The minimum atomic E-state index is -1.18. The van der Waals surface area contributed by atoms with Crippen molar-refractivity contribution in [1.82, 2.24) is 0 Å². The van der Waals surface area contributed by atoms with E-state index in [-0.39, 0.29) is 29.9 Å². The van der Waals surface area contributed by atoms with Crippen LogP contribution in [0.5, 0.6) is 11.5 Å². The highest BCUT2D eigenvalue weighted by Gasteiger charge is 2.20. The summed E-state index contributed by atoms with van der Waals surface area (Å²) in [5.74, 6) is -0.884. The molecule has 0 radical (unpaired) electrons. The van der Waals surface area contributed by atoms with Crippen molar-refractivity contribution in [2.75, 3.05) is 14.2 Å². The fraction of sp³-hybridized carbons (Fsp3) is 0.429. The third kappa shape index (κ3) is 3.96. The third-order valence-electron chi connectivity index (χ3n) is 2.74. The molecule has 2 N–H and O–H groups in total. The molecular weight excluding hydrogens is 264 g/mol. The Morgan fingerprint density at radius 3 is 2.35 bits per heavy atom. The van der Waals surface area contributed by atoms with Gasteiger partial charge in [-0.2, -0.15) is 0 Å². The zero-order chi connectivity index (χ0) is 15.3. The lowest BCUT2D eigenvalue weighted by atomic mass is 9.98. The van der Waals surface area contributed by atoms with Crippen molar-refractivity contribution in [2.45, 2.75) is 25.9 Å². The predicted octanol–water partition coefficient (Wildman–Crippen LogP) is 1.28. The summed E-state index contributed by atoms with van der Waals surface area (Å²) in [6, 6.07) is 2.94. The number of benzene rings is 1. The first-order chi connectivity index (χ1) is 9.38. The van der Waals surface area contributed by atoms with Crippen LogP contribution in [0.15, 0.2) is 12.1 Å². The standard InChI is InChI=1S/C14H18O6/c1-8(15)4-10(16)5-9-6-11(19-2)7-12(20-3)13(9)14(17)18/h6-8,15H,4-5H2,1-3H3,(H,17,18). The number of carbonyl (C=O) groups excluding carboxylic acids is 1.